The first-order chi connectivity index (χ1) is 7.15. The summed E-state index contributed by atoms with van der Waals surface area (Å²) in [6.45, 7) is 0.501. The molecule has 1 aromatic rings. The first-order valence-corrected chi connectivity index (χ1v) is 5.24. The molecule has 0 spiro atoms. The molecule has 82 valence electrons. The number of aromatic nitrogens is 1. The quantitative estimate of drug-likeness (QED) is 0.359. The second-order valence-electron chi connectivity index (χ2n) is 3.11. The van der Waals surface area contributed by atoms with Crippen LogP contribution in [0, 0.1) is 10.1 Å². The second-order valence-corrected chi connectivity index (χ2v) is 3.55. The summed E-state index contributed by atoms with van der Waals surface area (Å²) in [5.74, 6) is 0.754. The van der Waals surface area contributed by atoms with E-state index >= 15 is 0 Å². The van der Waals surface area contributed by atoms with Crippen molar-refractivity contribution in [3.8, 4) is 0 Å². The van der Waals surface area contributed by atoms with E-state index in [9.17, 15) is 14.9 Å². The van der Waals surface area contributed by atoms with Crippen LogP contribution in [0.5, 0.6) is 0 Å². The molecule has 0 atom stereocenters. The van der Waals surface area contributed by atoms with Crippen LogP contribution in [0.25, 0.3) is 0 Å². The lowest BCUT2D eigenvalue weighted by molar-refractivity contribution is -0.385. The van der Waals surface area contributed by atoms with Crippen molar-refractivity contribution in [2.45, 2.75) is 19.4 Å². The van der Waals surface area contributed by atoms with Crippen LogP contribution >= 0.6 is 12.6 Å². The van der Waals surface area contributed by atoms with Gasteiger partial charge in [0.1, 0.15) is 0 Å². The Morgan fingerprint density at radius 3 is 2.73 bits per heavy atom. The van der Waals surface area contributed by atoms with E-state index in [0.717, 1.165) is 18.6 Å². The van der Waals surface area contributed by atoms with Gasteiger partial charge in [-0.25, -0.2) is 0 Å². The van der Waals surface area contributed by atoms with Crippen LogP contribution in [0.1, 0.15) is 12.8 Å². The summed E-state index contributed by atoms with van der Waals surface area (Å²) < 4.78 is 1.36. The molecule has 0 unspecified atom stereocenters. The number of thiol groups is 1. The summed E-state index contributed by atoms with van der Waals surface area (Å²) in [6.07, 6.45) is 2.96. The molecule has 0 bridgehead atoms. The van der Waals surface area contributed by atoms with E-state index in [1.54, 1.807) is 0 Å². The number of rotatable bonds is 5. The van der Waals surface area contributed by atoms with Crippen LogP contribution in [-0.2, 0) is 6.54 Å². The predicted octanol–water partition coefficient (Wildman–Crippen LogP) is 1.47. The highest BCUT2D eigenvalue weighted by Crippen LogP contribution is 2.07. The minimum absolute atomic E-state index is 0.0551. The zero-order valence-corrected chi connectivity index (χ0v) is 9.02. The molecule has 0 aliphatic heterocycles. The topological polar surface area (TPSA) is 65.1 Å². The summed E-state index contributed by atoms with van der Waals surface area (Å²) in [7, 11) is 0. The van der Waals surface area contributed by atoms with E-state index in [-0.39, 0.29) is 11.2 Å². The summed E-state index contributed by atoms with van der Waals surface area (Å²) in [6, 6.07) is 2.44. The summed E-state index contributed by atoms with van der Waals surface area (Å²) in [5.41, 5.74) is -0.264. The third-order valence-corrected chi connectivity index (χ3v) is 2.30. The minimum Gasteiger partial charge on any atom is -0.309 e. The Hall–Kier alpha value is -1.30. The van der Waals surface area contributed by atoms with Crippen LogP contribution in [0.2, 0.25) is 0 Å². The highest BCUT2D eigenvalue weighted by molar-refractivity contribution is 7.80. The Morgan fingerprint density at radius 2 is 2.13 bits per heavy atom. The first kappa shape index (κ1) is 11.8. The SMILES string of the molecule is O=c1ccc([N+](=O)[O-])cn1CCCCS. The van der Waals surface area contributed by atoms with E-state index in [2.05, 4.69) is 12.6 Å². The molecule has 5 nitrogen and oxygen atoms in total. The monoisotopic (exact) mass is 228 g/mol. The van der Waals surface area contributed by atoms with E-state index in [1.807, 2.05) is 0 Å². The molecule has 0 amide bonds. The predicted molar refractivity (Wildman–Crippen MR) is 60.4 cm³/mol. The van der Waals surface area contributed by atoms with Gasteiger partial charge in [0.25, 0.3) is 11.2 Å². The lowest BCUT2D eigenvalue weighted by Gasteiger charge is -2.03. The number of pyridine rings is 1. The van der Waals surface area contributed by atoms with Crippen molar-refractivity contribution in [1.29, 1.82) is 0 Å². The molecule has 1 heterocycles. The molecule has 0 aliphatic rings. The Bertz CT molecular complexity index is 403. The van der Waals surface area contributed by atoms with Gasteiger partial charge in [0.2, 0.25) is 0 Å². The largest absolute Gasteiger partial charge is 0.309 e. The van der Waals surface area contributed by atoms with Crippen molar-refractivity contribution >= 4 is 18.3 Å². The number of hydrogen-bond acceptors (Lipinski definition) is 4. The van der Waals surface area contributed by atoms with Gasteiger partial charge < -0.3 is 4.57 Å². The Morgan fingerprint density at radius 1 is 1.40 bits per heavy atom. The van der Waals surface area contributed by atoms with Crippen molar-refractivity contribution < 1.29 is 4.92 Å². The number of hydrogen-bond donors (Lipinski definition) is 1. The molecule has 15 heavy (non-hydrogen) atoms. The fourth-order valence-electron chi connectivity index (χ4n) is 1.20. The van der Waals surface area contributed by atoms with Crippen LogP contribution in [0.4, 0.5) is 5.69 Å². The van der Waals surface area contributed by atoms with Crippen LogP contribution < -0.4 is 5.56 Å². The van der Waals surface area contributed by atoms with Crippen molar-refractivity contribution in [2.24, 2.45) is 0 Å². The van der Waals surface area contributed by atoms with E-state index in [4.69, 9.17) is 0 Å². The summed E-state index contributed by atoms with van der Waals surface area (Å²) >= 11 is 4.05. The summed E-state index contributed by atoms with van der Waals surface area (Å²) in [4.78, 5) is 21.3. The fraction of sp³-hybridized carbons (Fsp3) is 0.444. The van der Waals surface area contributed by atoms with Gasteiger partial charge in [-0.3, -0.25) is 14.9 Å². The Kier molecular flexibility index (Phi) is 4.36. The molecule has 0 aliphatic carbocycles. The average Bonchev–Trinajstić information content (AvgIpc) is 2.20. The molecule has 0 aromatic carbocycles. The maximum Gasteiger partial charge on any atom is 0.285 e. The standard InChI is InChI=1S/C9H12N2O3S/c12-9-4-3-8(11(13)14)7-10(9)5-1-2-6-15/h3-4,7,15H,1-2,5-6H2. The van der Waals surface area contributed by atoms with Gasteiger partial charge in [-0.15, -0.1) is 0 Å². The molecular weight excluding hydrogens is 216 g/mol. The summed E-state index contributed by atoms with van der Waals surface area (Å²) in [5, 5.41) is 10.5. The first-order valence-electron chi connectivity index (χ1n) is 4.61. The molecule has 0 fully saturated rings. The molecule has 0 N–H and O–H groups in total. The van der Waals surface area contributed by atoms with Crippen LogP contribution in [0.3, 0.4) is 0 Å². The Balaban J connectivity index is 2.81. The second kappa shape index (κ2) is 5.55. The van der Waals surface area contributed by atoms with Gasteiger partial charge in [0, 0.05) is 18.7 Å². The zero-order valence-electron chi connectivity index (χ0n) is 8.13. The highest BCUT2D eigenvalue weighted by Gasteiger charge is 2.06. The van der Waals surface area contributed by atoms with Gasteiger partial charge in [0.05, 0.1) is 11.1 Å². The lowest BCUT2D eigenvalue weighted by Crippen LogP contribution is -2.18. The van der Waals surface area contributed by atoms with E-state index in [1.165, 1.54) is 22.9 Å². The molecule has 6 heteroatoms. The molecule has 0 saturated carbocycles. The van der Waals surface area contributed by atoms with Gasteiger partial charge >= 0.3 is 0 Å². The van der Waals surface area contributed by atoms with Gasteiger partial charge in [-0.2, -0.15) is 12.6 Å². The fourth-order valence-corrected chi connectivity index (χ4v) is 1.42. The van der Waals surface area contributed by atoms with Crippen molar-refractivity contribution in [3.05, 3.63) is 38.8 Å². The van der Waals surface area contributed by atoms with Crippen LogP contribution in [-0.4, -0.2) is 15.2 Å². The zero-order chi connectivity index (χ0) is 11.3. The maximum absolute atomic E-state index is 11.3. The smallest absolute Gasteiger partial charge is 0.285 e. The molecule has 1 aromatic heterocycles. The number of aryl methyl sites for hydroxylation is 1. The third kappa shape index (κ3) is 3.39. The van der Waals surface area contributed by atoms with Crippen molar-refractivity contribution in [2.75, 3.05) is 5.75 Å². The molecular formula is C9H12N2O3S. The third-order valence-electron chi connectivity index (χ3n) is 1.99. The molecule has 0 saturated heterocycles. The Labute approximate surface area is 92.3 Å². The van der Waals surface area contributed by atoms with Gasteiger partial charge in [-0.05, 0) is 18.6 Å². The lowest BCUT2D eigenvalue weighted by atomic mass is 10.3. The minimum atomic E-state index is -0.505. The van der Waals surface area contributed by atoms with Crippen molar-refractivity contribution in [3.63, 3.8) is 0 Å². The van der Waals surface area contributed by atoms with Gasteiger partial charge in [0.15, 0.2) is 0 Å². The highest BCUT2D eigenvalue weighted by atomic mass is 32.1. The maximum atomic E-state index is 11.3. The normalized spacial score (nSPS) is 10.2. The van der Waals surface area contributed by atoms with Crippen LogP contribution in [0.15, 0.2) is 23.1 Å². The number of unbranched alkanes of at least 4 members (excludes halogenated alkanes) is 1. The van der Waals surface area contributed by atoms with E-state index in [0.29, 0.717) is 6.54 Å². The van der Waals surface area contributed by atoms with Gasteiger partial charge in [-0.1, -0.05) is 0 Å². The van der Waals surface area contributed by atoms with Crippen molar-refractivity contribution in [1.82, 2.24) is 4.57 Å². The molecule has 1 rings (SSSR count). The number of nitro groups is 1. The molecule has 0 radical (unpaired) electrons. The van der Waals surface area contributed by atoms with E-state index < -0.39 is 4.92 Å². The average molecular weight is 228 g/mol. The number of nitrogens with zero attached hydrogens (tertiary/aromatic N) is 2.